The van der Waals surface area contributed by atoms with Crippen molar-refractivity contribution in [1.29, 1.82) is 5.26 Å². The molecule has 4 nitrogen and oxygen atoms in total. The van der Waals surface area contributed by atoms with Crippen molar-refractivity contribution in [3.8, 4) is 17.7 Å². The van der Waals surface area contributed by atoms with E-state index in [1.54, 1.807) is 27.0 Å². The Hall–Kier alpha value is -2.35. The highest BCUT2D eigenvalue weighted by atomic mass is 19.1. The van der Waals surface area contributed by atoms with Crippen LogP contribution in [0.15, 0.2) is 18.2 Å². The Morgan fingerprint density at radius 2 is 2.11 bits per heavy atom. The third-order valence-electron chi connectivity index (χ3n) is 2.63. The quantitative estimate of drug-likeness (QED) is 0.817. The second-order valence-corrected chi connectivity index (χ2v) is 4.01. The molecule has 1 aromatic heterocycles. The van der Waals surface area contributed by atoms with Gasteiger partial charge in [0.05, 0.1) is 5.69 Å². The molecule has 0 bridgehead atoms. The molecule has 18 heavy (non-hydrogen) atoms. The largest absolute Gasteiger partial charge is 0.438 e. The highest BCUT2D eigenvalue weighted by Gasteiger charge is 2.15. The fourth-order valence-corrected chi connectivity index (χ4v) is 1.68. The first-order valence-corrected chi connectivity index (χ1v) is 5.40. The highest BCUT2D eigenvalue weighted by molar-refractivity contribution is 5.44. The monoisotopic (exact) mass is 245 g/mol. The summed E-state index contributed by atoms with van der Waals surface area (Å²) in [4.78, 5) is 0. The van der Waals surface area contributed by atoms with E-state index in [0.29, 0.717) is 28.5 Å². The SMILES string of the molecule is Cc1cc(Oc2c(C#N)c(C)nn2C)ccc1F. The summed E-state index contributed by atoms with van der Waals surface area (Å²) in [5.41, 5.74) is 1.48. The summed E-state index contributed by atoms with van der Waals surface area (Å²) in [5, 5.41) is 13.2. The molecule has 2 rings (SSSR count). The van der Waals surface area contributed by atoms with Crippen molar-refractivity contribution >= 4 is 0 Å². The van der Waals surface area contributed by atoms with Crippen LogP contribution in [0.2, 0.25) is 0 Å². The van der Waals surface area contributed by atoms with Gasteiger partial charge in [-0.2, -0.15) is 10.4 Å². The first kappa shape index (κ1) is 12.1. The Kier molecular flexibility index (Phi) is 3.02. The van der Waals surface area contributed by atoms with E-state index in [-0.39, 0.29) is 5.82 Å². The molecule has 0 N–H and O–H groups in total. The van der Waals surface area contributed by atoms with Crippen molar-refractivity contribution < 1.29 is 9.13 Å². The number of nitriles is 1. The van der Waals surface area contributed by atoms with Gasteiger partial charge in [-0.1, -0.05) is 0 Å². The van der Waals surface area contributed by atoms with Gasteiger partial charge >= 0.3 is 0 Å². The topological polar surface area (TPSA) is 50.8 Å². The van der Waals surface area contributed by atoms with Crippen molar-refractivity contribution in [2.24, 2.45) is 7.05 Å². The predicted octanol–water partition coefficient (Wildman–Crippen LogP) is 2.84. The maximum Gasteiger partial charge on any atom is 0.235 e. The number of hydrogen-bond acceptors (Lipinski definition) is 3. The predicted molar refractivity (Wildman–Crippen MR) is 63.9 cm³/mol. The lowest BCUT2D eigenvalue weighted by Crippen LogP contribution is -1.96. The zero-order valence-corrected chi connectivity index (χ0v) is 10.4. The minimum atomic E-state index is -0.288. The molecule has 0 saturated carbocycles. The normalized spacial score (nSPS) is 10.2. The van der Waals surface area contributed by atoms with Crippen LogP contribution in [0.4, 0.5) is 4.39 Å². The molecule has 1 aromatic carbocycles. The van der Waals surface area contributed by atoms with Crippen LogP contribution < -0.4 is 4.74 Å². The molecule has 0 atom stereocenters. The number of rotatable bonds is 2. The molecule has 0 amide bonds. The summed E-state index contributed by atoms with van der Waals surface area (Å²) in [7, 11) is 1.69. The molecule has 1 heterocycles. The Morgan fingerprint density at radius 3 is 2.72 bits per heavy atom. The zero-order chi connectivity index (χ0) is 13.3. The molecule has 5 heteroatoms. The van der Waals surface area contributed by atoms with E-state index in [0.717, 1.165) is 0 Å². The van der Waals surface area contributed by atoms with E-state index >= 15 is 0 Å². The first-order chi connectivity index (χ1) is 8.52. The summed E-state index contributed by atoms with van der Waals surface area (Å²) in [6, 6.07) is 6.48. The summed E-state index contributed by atoms with van der Waals surface area (Å²) < 4.78 is 20.2. The van der Waals surface area contributed by atoms with Crippen molar-refractivity contribution in [2.45, 2.75) is 13.8 Å². The number of aromatic nitrogens is 2. The van der Waals surface area contributed by atoms with Gasteiger partial charge in [-0.05, 0) is 37.6 Å². The maximum atomic E-state index is 13.1. The third kappa shape index (κ3) is 2.05. The van der Waals surface area contributed by atoms with E-state index < -0.39 is 0 Å². The molecule has 2 aromatic rings. The van der Waals surface area contributed by atoms with Gasteiger partial charge in [0.1, 0.15) is 23.2 Å². The lowest BCUT2D eigenvalue weighted by molar-refractivity contribution is 0.428. The van der Waals surface area contributed by atoms with E-state index in [4.69, 9.17) is 10.00 Å². The van der Waals surface area contributed by atoms with Crippen molar-refractivity contribution in [2.75, 3.05) is 0 Å². The third-order valence-corrected chi connectivity index (χ3v) is 2.63. The van der Waals surface area contributed by atoms with Gasteiger partial charge in [-0.3, -0.25) is 0 Å². The number of aryl methyl sites for hydroxylation is 3. The molecule has 0 aliphatic rings. The molecular formula is C13H12FN3O. The van der Waals surface area contributed by atoms with E-state index in [1.165, 1.54) is 16.8 Å². The Labute approximate surface area is 104 Å². The summed E-state index contributed by atoms with van der Waals surface area (Å²) in [6.45, 7) is 3.39. The summed E-state index contributed by atoms with van der Waals surface area (Å²) in [5.74, 6) is 0.554. The van der Waals surface area contributed by atoms with Crippen molar-refractivity contribution in [3.05, 3.63) is 40.8 Å². The average Bonchev–Trinajstić information content (AvgIpc) is 2.58. The molecule has 0 aliphatic heterocycles. The molecule has 0 spiro atoms. The molecular weight excluding hydrogens is 233 g/mol. The minimum absolute atomic E-state index is 0.288. The lowest BCUT2D eigenvalue weighted by Gasteiger charge is -2.07. The minimum Gasteiger partial charge on any atom is -0.438 e. The molecule has 0 fully saturated rings. The second kappa shape index (κ2) is 4.49. The van der Waals surface area contributed by atoms with Crippen molar-refractivity contribution in [1.82, 2.24) is 9.78 Å². The number of ether oxygens (including phenoxy) is 1. The van der Waals surface area contributed by atoms with E-state index in [1.807, 2.05) is 6.07 Å². The van der Waals surface area contributed by atoms with Gasteiger partial charge in [-0.15, -0.1) is 0 Å². The van der Waals surface area contributed by atoms with Gasteiger partial charge in [-0.25, -0.2) is 9.07 Å². The fraction of sp³-hybridized carbons (Fsp3) is 0.231. The smallest absolute Gasteiger partial charge is 0.235 e. The average molecular weight is 245 g/mol. The molecule has 92 valence electrons. The van der Waals surface area contributed by atoms with Crippen LogP contribution in [0.25, 0.3) is 0 Å². The Balaban J connectivity index is 2.40. The highest BCUT2D eigenvalue weighted by Crippen LogP contribution is 2.27. The Morgan fingerprint density at radius 1 is 1.39 bits per heavy atom. The lowest BCUT2D eigenvalue weighted by atomic mass is 10.2. The van der Waals surface area contributed by atoms with E-state index in [2.05, 4.69) is 5.10 Å². The number of nitrogens with zero attached hydrogens (tertiary/aromatic N) is 3. The molecule has 0 unspecified atom stereocenters. The van der Waals surface area contributed by atoms with Crippen LogP contribution in [-0.2, 0) is 7.05 Å². The van der Waals surface area contributed by atoms with Gasteiger partial charge in [0.25, 0.3) is 0 Å². The van der Waals surface area contributed by atoms with Gasteiger partial charge in [0.15, 0.2) is 0 Å². The number of benzene rings is 1. The van der Waals surface area contributed by atoms with Crippen molar-refractivity contribution in [3.63, 3.8) is 0 Å². The van der Waals surface area contributed by atoms with Gasteiger partial charge < -0.3 is 4.74 Å². The van der Waals surface area contributed by atoms with Crippen LogP contribution in [0.3, 0.4) is 0 Å². The van der Waals surface area contributed by atoms with E-state index in [9.17, 15) is 4.39 Å². The van der Waals surface area contributed by atoms with Crippen LogP contribution in [0.1, 0.15) is 16.8 Å². The summed E-state index contributed by atoms with van der Waals surface area (Å²) in [6.07, 6.45) is 0. The second-order valence-electron chi connectivity index (χ2n) is 4.01. The fourth-order valence-electron chi connectivity index (χ4n) is 1.68. The van der Waals surface area contributed by atoms with Crippen LogP contribution in [0.5, 0.6) is 11.6 Å². The number of halogens is 1. The van der Waals surface area contributed by atoms with Crippen LogP contribution in [-0.4, -0.2) is 9.78 Å². The van der Waals surface area contributed by atoms with Crippen LogP contribution >= 0.6 is 0 Å². The zero-order valence-electron chi connectivity index (χ0n) is 10.4. The Bertz CT molecular complexity index is 640. The molecule has 0 saturated heterocycles. The molecule has 0 aliphatic carbocycles. The maximum absolute atomic E-state index is 13.1. The summed E-state index contributed by atoms with van der Waals surface area (Å²) >= 11 is 0. The van der Waals surface area contributed by atoms with Gasteiger partial charge in [0.2, 0.25) is 5.88 Å². The standard InChI is InChI=1S/C13H12FN3O/c1-8-6-10(4-5-12(8)14)18-13-11(7-15)9(2)16-17(13)3/h4-6H,1-3H3. The first-order valence-electron chi connectivity index (χ1n) is 5.40. The number of hydrogen-bond donors (Lipinski definition) is 0. The van der Waals surface area contributed by atoms with Gasteiger partial charge in [0, 0.05) is 7.05 Å². The molecule has 0 radical (unpaired) electrons. The van der Waals surface area contributed by atoms with Crippen LogP contribution in [0, 0.1) is 31.0 Å².